The van der Waals surface area contributed by atoms with Gasteiger partial charge in [-0.3, -0.25) is 9.69 Å². The first-order valence-electron chi connectivity index (χ1n) is 9.77. The van der Waals surface area contributed by atoms with E-state index in [-0.39, 0.29) is 5.91 Å². The van der Waals surface area contributed by atoms with Gasteiger partial charge in [0.05, 0.1) is 13.2 Å². The summed E-state index contributed by atoms with van der Waals surface area (Å²) in [4.78, 5) is 15.2. The van der Waals surface area contributed by atoms with E-state index in [4.69, 9.17) is 9.15 Å². The fourth-order valence-electron chi connectivity index (χ4n) is 3.74. The Hall–Kier alpha value is -2.63. The van der Waals surface area contributed by atoms with Gasteiger partial charge >= 0.3 is 0 Å². The first-order chi connectivity index (χ1) is 13.6. The van der Waals surface area contributed by atoms with E-state index < -0.39 is 0 Å². The topological polar surface area (TPSA) is 54.7 Å². The fraction of sp³-hybridized carbons (Fsp3) is 0.348. The Bertz CT molecular complexity index is 987. The number of hydrogen-bond donors (Lipinski definition) is 1. The number of nitrogens with one attached hydrogen (secondary N) is 1. The summed E-state index contributed by atoms with van der Waals surface area (Å²) in [5.41, 5.74) is 5.08. The number of fused-ring (bicyclic) bond motifs is 1. The van der Waals surface area contributed by atoms with Gasteiger partial charge in [0.25, 0.3) is 5.91 Å². The van der Waals surface area contributed by atoms with Crippen LogP contribution in [0.5, 0.6) is 0 Å². The minimum Gasteiger partial charge on any atom is -0.450 e. The molecule has 1 amide bonds. The minimum atomic E-state index is -0.172. The average Bonchev–Trinajstić information content (AvgIpc) is 3.06. The molecule has 0 spiro atoms. The zero-order valence-electron chi connectivity index (χ0n) is 16.5. The zero-order chi connectivity index (χ0) is 19.5. The van der Waals surface area contributed by atoms with Crippen molar-refractivity contribution in [3.8, 4) is 0 Å². The van der Waals surface area contributed by atoms with E-state index in [1.54, 1.807) is 0 Å². The van der Waals surface area contributed by atoms with E-state index in [1.165, 1.54) is 5.56 Å². The summed E-state index contributed by atoms with van der Waals surface area (Å²) < 4.78 is 11.3. The van der Waals surface area contributed by atoms with Crippen molar-refractivity contribution in [3.05, 3.63) is 70.5 Å². The largest absolute Gasteiger partial charge is 0.450 e. The normalized spacial score (nSPS) is 15.1. The maximum absolute atomic E-state index is 12.8. The second kappa shape index (κ2) is 8.17. The molecule has 1 aliphatic rings. The van der Waals surface area contributed by atoms with Gasteiger partial charge in [0, 0.05) is 37.1 Å². The highest BCUT2D eigenvalue weighted by molar-refractivity contribution is 5.99. The van der Waals surface area contributed by atoms with Crippen LogP contribution in [0.3, 0.4) is 0 Å². The van der Waals surface area contributed by atoms with Crippen LogP contribution in [-0.4, -0.2) is 37.1 Å². The molecule has 2 heterocycles. The van der Waals surface area contributed by atoms with Crippen molar-refractivity contribution in [2.45, 2.75) is 26.9 Å². The standard InChI is InChI=1S/C23H26N2O3/c1-16-6-5-9-20-17(2)22(28-21(16)20)23(26)24-14-18-7-3-4-8-19(18)15-25-10-12-27-13-11-25/h3-9H,10-15H2,1-2H3,(H,24,26). The van der Waals surface area contributed by atoms with Crippen molar-refractivity contribution in [3.63, 3.8) is 0 Å². The first kappa shape index (κ1) is 18.7. The number of ether oxygens (including phenoxy) is 1. The lowest BCUT2D eigenvalue weighted by Crippen LogP contribution is -2.36. The van der Waals surface area contributed by atoms with Crippen molar-refractivity contribution < 1.29 is 13.9 Å². The van der Waals surface area contributed by atoms with E-state index in [0.29, 0.717) is 12.3 Å². The van der Waals surface area contributed by atoms with Gasteiger partial charge in [-0.2, -0.15) is 0 Å². The van der Waals surface area contributed by atoms with Crippen molar-refractivity contribution in [2.24, 2.45) is 0 Å². The number of furan rings is 1. The number of aryl methyl sites for hydroxylation is 2. The van der Waals surface area contributed by atoms with E-state index in [1.807, 2.05) is 44.2 Å². The predicted molar refractivity (Wildman–Crippen MR) is 109 cm³/mol. The molecule has 28 heavy (non-hydrogen) atoms. The van der Waals surface area contributed by atoms with Crippen molar-refractivity contribution in [1.82, 2.24) is 10.2 Å². The van der Waals surface area contributed by atoms with E-state index in [2.05, 4.69) is 22.3 Å². The Balaban J connectivity index is 1.48. The SMILES string of the molecule is Cc1c(C(=O)NCc2ccccc2CN2CCOCC2)oc2c(C)cccc12. The summed E-state index contributed by atoms with van der Waals surface area (Å²) in [6.07, 6.45) is 0. The number of morpholine rings is 1. The molecular weight excluding hydrogens is 352 g/mol. The molecule has 1 saturated heterocycles. The summed E-state index contributed by atoms with van der Waals surface area (Å²) in [7, 11) is 0. The van der Waals surface area contributed by atoms with Crippen LogP contribution in [0.25, 0.3) is 11.0 Å². The van der Waals surface area contributed by atoms with Gasteiger partial charge in [-0.1, -0.05) is 42.5 Å². The molecule has 1 aromatic heterocycles. The lowest BCUT2D eigenvalue weighted by molar-refractivity contribution is 0.0340. The zero-order valence-corrected chi connectivity index (χ0v) is 16.5. The Morgan fingerprint density at radius 3 is 2.54 bits per heavy atom. The third kappa shape index (κ3) is 3.81. The summed E-state index contributed by atoms with van der Waals surface area (Å²) in [5, 5.41) is 4.04. The Labute approximate surface area is 165 Å². The van der Waals surface area contributed by atoms with Gasteiger partial charge in [0.15, 0.2) is 5.76 Å². The van der Waals surface area contributed by atoms with Crippen LogP contribution < -0.4 is 5.32 Å². The van der Waals surface area contributed by atoms with Crippen LogP contribution in [0.15, 0.2) is 46.9 Å². The van der Waals surface area contributed by atoms with Crippen LogP contribution in [0.1, 0.15) is 32.8 Å². The number of hydrogen-bond acceptors (Lipinski definition) is 4. The van der Waals surface area contributed by atoms with Crippen molar-refractivity contribution >= 4 is 16.9 Å². The van der Waals surface area contributed by atoms with Gasteiger partial charge in [-0.05, 0) is 30.5 Å². The third-order valence-corrected chi connectivity index (χ3v) is 5.42. The van der Waals surface area contributed by atoms with Crippen LogP contribution in [0, 0.1) is 13.8 Å². The third-order valence-electron chi connectivity index (χ3n) is 5.42. The molecule has 0 radical (unpaired) electrons. The molecule has 0 saturated carbocycles. The maximum atomic E-state index is 12.8. The molecule has 4 rings (SSSR count). The number of nitrogens with zero attached hydrogens (tertiary/aromatic N) is 1. The van der Waals surface area contributed by atoms with Gasteiger partial charge in [-0.15, -0.1) is 0 Å². The van der Waals surface area contributed by atoms with Crippen LogP contribution in [-0.2, 0) is 17.8 Å². The number of benzene rings is 2. The summed E-state index contributed by atoms with van der Waals surface area (Å²) in [6, 6.07) is 14.3. The van der Waals surface area contributed by atoms with Gasteiger partial charge < -0.3 is 14.5 Å². The second-order valence-electron chi connectivity index (χ2n) is 7.35. The molecule has 0 bridgehead atoms. The highest BCUT2D eigenvalue weighted by Gasteiger charge is 2.19. The molecule has 1 aliphatic heterocycles. The lowest BCUT2D eigenvalue weighted by atomic mass is 10.1. The molecular formula is C23H26N2O3. The molecule has 1 fully saturated rings. The van der Waals surface area contributed by atoms with E-state index in [0.717, 1.165) is 60.5 Å². The van der Waals surface area contributed by atoms with Crippen LogP contribution >= 0.6 is 0 Å². The fourth-order valence-corrected chi connectivity index (χ4v) is 3.74. The molecule has 0 unspecified atom stereocenters. The number of para-hydroxylation sites is 1. The number of carbonyl (C=O) groups excluding carboxylic acids is 1. The molecule has 2 aromatic carbocycles. The monoisotopic (exact) mass is 378 g/mol. The van der Waals surface area contributed by atoms with Gasteiger partial charge in [0.2, 0.25) is 0 Å². The van der Waals surface area contributed by atoms with Gasteiger partial charge in [0.1, 0.15) is 5.58 Å². The van der Waals surface area contributed by atoms with Crippen molar-refractivity contribution in [1.29, 1.82) is 0 Å². The molecule has 0 atom stereocenters. The molecule has 0 aliphatic carbocycles. The van der Waals surface area contributed by atoms with Crippen LogP contribution in [0.4, 0.5) is 0 Å². The quantitative estimate of drug-likeness (QED) is 0.733. The first-order valence-corrected chi connectivity index (χ1v) is 9.77. The van der Waals surface area contributed by atoms with Crippen molar-refractivity contribution in [2.75, 3.05) is 26.3 Å². The molecule has 5 nitrogen and oxygen atoms in total. The smallest absolute Gasteiger partial charge is 0.287 e. The summed E-state index contributed by atoms with van der Waals surface area (Å²) in [6.45, 7) is 8.73. The lowest BCUT2D eigenvalue weighted by Gasteiger charge is -2.27. The van der Waals surface area contributed by atoms with Crippen LogP contribution in [0.2, 0.25) is 0 Å². The molecule has 5 heteroatoms. The second-order valence-corrected chi connectivity index (χ2v) is 7.35. The Kier molecular flexibility index (Phi) is 5.46. The highest BCUT2D eigenvalue weighted by Crippen LogP contribution is 2.27. The Morgan fingerprint density at radius 2 is 1.79 bits per heavy atom. The van der Waals surface area contributed by atoms with E-state index >= 15 is 0 Å². The highest BCUT2D eigenvalue weighted by atomic mass is 16.5. The summed E-state index contributed by atoms with van der Waals surface area (Å²) >= 11 is 0. The molecule has 1 N–H and O–H groups in total. The summed E-state index contributed by atoms with van der Waals surface area (Å²) in [5.74, 6) is 0.226. The average molecular weight is 378 g/mol. The molecule has 146 valence electrons. The number of amides is 1. The molecule has 3 aromatic rings. The maximum Gasteiger partial charge on any atom is 0.287 e. The van der Waals surface area contributed by atoms with E-state index in [9.17, 15) is 4.79 Å². The Morgan fingerprint density at radius 1 is 1.04 bits per heavy atom. The number of rotatable bonds is 5. The minimum absolute atomic E-state index is 0.172. The van der Waals surface area contributed by atoms with Gasteiger partial charge in [-0.25, -0.2) is 0 Å². The predicted octanol–water partition coefficient (Wildman–Crippen LogP) is 3.81. The number of carbonyl (C=O) groups is 1.